The Morgan fingerprint density at radius 3 is 2.44 bits per heavy atom. The second-order valence-electron chi connectivity index (χ2n) is 4.85. The Hall–Kier alpha value is -3.48. The molecular weight excluding hydrogens is 326 g/mol. The predicted octanol–water partition coefficient (Wildman–Crippen LogP) is 3.01. The molecule has 0 bridgehead atoms. The zero-order valence-electron chi connectivity index (χ0n) is 13.2. The smallest absolute Gasteiger partial charge is 0.338 e. The van der Waals surface area contributed by atoms with Gasteiger partial charge >= 0.3 is 11.9 Å². The number of hydrogen-bond acceptors (Lipinski definition) is 6. The van der Waals surface area contributed by atoms with Crippen molar-refractivity contribution in [3.63, 3.8) is 0 Å². The number of carbonyl (C=O) groups is 2. The fourth-order valence-electron chi connectivity index (χ4n) is 1.89. The van der Waals surface area contributed by atoms with Gasteiger partial charge in [-0.3, -0.25) is 10.1 Å². The summed E-state index contributed by atoms with van der Waals surface area (Å²) in [5, 5.41) is 10.7. The van der Waals surface area contributed by atoms with Gasteiger partial charge in [-0.25, -0.2) is 9.59 Å². The van der Waals surface area contributed by atoms with Crippen LogP contribution < -0.4 is 0 Å². The number of esters is 2. The second-order valence-corrected chi connectivity index (χ2v) is 4.85. The van der Waals surface area contributed by atoms with Crippen molar-refractivity contribution >= 4 is 23.7 Å². The number of nitrogens with zero attached hydrogens (tertiary/aromatic N) is 1. The number of rotatable bonds is 7. The fraction of sp³-hybridized carbons (Fsp3) is 0.111. The minimum Gasteiger partial charge on any atom is -0.459 e. The van der Waals surface area contributed by atoms with Crippen LogP contribution in [0.15, 0.2) is 60.7 Å². The Labute approximate surface area is 143 Å². The van der Waals surface area contributed by atoms with E-state index in [0.717, 1.165) is 6.08 Å². The molecule has 2 aromatic carbocycles. The lowest BCUT2D eigenvalue weighted by Crippen LogP contribution is -2.12. The third kappa shape index (κ3) is 5.91. The van der Waals surface area contributed by atoms with E-state index in [1.165, 1.54) is 24.3 Å². The maximum Gasteiger partial charge on any atom is 0.338 e. The van der Waals surface area contributed by atoms with Crippen molar-refractivity contribution in [3.05, 3.63) is 81.9 Å². The summed E-state index contributed by atoms with van der Waals surface area (Å²) in [6.45, 7) is -0.152. The molecule has 0 aromatic heterocycles. The van der Waals surface area contributed by atoms with E-state index < -0.39 is 16.9 Å². The van der Waals surface area contributed by atoms with Crippen LogP contribution in [0.3, 0.4) is 0 Å². The Morgan fingerprint density at radius 1 is 1.00 bits per heavy atom. The van der Waals surface area contributed by atoms with Crippen molar-refractivity contribution in [2.75, 3.05) is 13.2 Å². The molecule has 2 rings (SSSR count). The molecule has 0 unspecified atom stereocenters. The lowest BCUT2D eigenvalue weighted by Gasteiger charge is -2.05. The van der Waals surface area contributed by atoms with E-state index in [0.29, 0.717) is 11.1 Å². The van der Waals surface area contributed by atoms with Gasteiger partial charge in [0.2, 0.25) is 0 Å². The second kappa shape index (κ2) is 8.97. The lowest BCUT2D eigenvalue weighted by molar-refractivity contribution is -0.384. The van der Waals surface area contributed by atoms with Crippen LogP contribution in [0, 0.1) is 10.1 Å². The van der Waals surface area contributed by atoms with Crippen LogP contribution >= 0.6 is 0 Å². The Morgan fingerprint density at radius 2 is 1.72 bits per heavy atom. The molecule has 0 fully saturated rings. The summed E-state index contributed by atoms with van der Waals surface area (Å²) in [4.78, 5) is 33.4. The molecule has 0 spiro atoms. The van der Waals surface area contributed by atoms with Crippen molar-refractivity contribution in [2.24, 2.45) is 0 Å². The molecular formula is C18H15NO6. The standard InChI is InChI=1S/C18H15NO6/c20-17(10-9-14-5-4-8-16(13-14)19(22)23)24-11-12-25-18(21)15-6-2-1-3-7-15/h1-10,13H,11-12H2/b10-9+. The molecule has 128 valence electrons. The maximum atomic E-state index is 11.7. The van der Waals surface area contributed by atoms with Gasteiger partial charge < -0.3 is 9.47 Å². The normalized spacial score (nSPS) is 10.4. The van der Waals surface area contributed by atoms with Crippen LogP contribution in [0.1, 0.15) is 15.9 Å². The quantitative estimate of drug-likeness (QED) is 0.252. The largest absolute Gasteiger partial charge is 0.459 e. The SMILES string of the molecule is O=C(/C=C/c1cccc([N+](=O)[O-])c1)OCCOC(=O)c1ccccc1. The number of benzene rings is 2. The average molecular weight is 341 g/mol. The topological polar surface area (TPSA) is 95.7 Å². The van der Waals surface area contributed by atoms with E-state index >= 15 is 0 Å². The molecule has 0 aliphatic rings. The van der Waals surface area contributed by atoms with Gasteiger partial charge in [0.25, 0.3) is 5.69 Å². The Kier molecular flexibility index (Phi) is 6.41. The summed E-state index contributed by atoms with van der Waals surface area (Å²) < 4.78 is 9.86. The first-order valence-electron chi connectivity index (χ1n) is 7.38. The van der Waals surface area contributed by atoms with Gasteiger partial charge in [-0.1, -0.05) is 30.3 Å². The van der Waals surface area contributed by atoms with Gasteiger partial charge in [0, 0.05) is 18.2 Å². The molecule has 7 heteroatoms. The minimum atomic E-state index is -0.637. The van der Waals surface area contributed by atoms with Crippen LogP contribution in [0.5, 0.6) is 0 Å². The van der Waals surface area contributed by atoms with E-state index in [1.807, 2.05) is 0 Å². The number of nitro benzene ring substituents is 1. The summed E-state index contributed by atoms with van der Waals surface area (Å²) >= 11 is 0. The van der Waals surface area contributed by atoms with Crippen LogP contribution in [-0.4, -0.2) is 30.1 Å². The van der Waals surface area contributed by atoms with Crippen molar-refractivity contribution in [1.82, 2.24) is 0 Å². The molecule has 0 radical (unpaired) electrons. The van der Waals surface area contributed by atoms with Gasteiger partial charge in [-0.15, -0.1) is 0 Å². The summed E-state index contributed by atoms with van der Waals surface area (Å²) in [6, 6.07) is 14.3. The molecule has 0 saturated heterocycles. The van der Waals surface area contributed by atoms with Crippen LogP contribution in [0.2, 0.25) is 0 Å². The zero-order chi connectivity index (χ0) is 18.1. The molecule has 0 aliphatic carbocycles. The van der Waals surface area contributed by atoms with Crippen molar-refractivity contribution in [2.45, 2.75) is 0 Å². The number of nitro groups is 1. The van der Waals surface area contributed by atoms with Crippen LogP contribution in [-0.2, 0) is 14.3 Å². The third-order valence-electron chi connectivity index (χ3n) is 3.06. The first-order chi connectivity index (χ1) is 12.1. The number of carbonyl (C=O) groups excluding carboxylic acids is 2. The monoisotopic (exact) mass is 341 g/mol. The molecule has 2 aromatic rings. The summed E-state index contributed by atoms with van der Waals surface area (Å²) in [7, 11) is 0. The highest BCUT2D eigenvalue weighted by Crippen LogP contribution is 2.14. The minimum absolute atomic E-state index is 0.0654. The average Bonchev–Trinajstić information content (AvgIpc) is 2.64. The summed E-state index contributed by atoms with van der Waals surface area (Å²) in [5.41, 5.74) is 0.851. The van der Waals surface area contributed by atoms with E-state index in [9.17, 15) is 19.7 Å². The molecule has 0 saturated carbocycles. The molecule has 25 heavy (non-hydrogen) atoms. The first-order valence-corrected chi connectivity index (χ1v) is 7.38. The van der Waals surface area contributed by atoms with E-state index in [2.05, 4.69) is 0 Å². The molecule has 7 nitrogen and oxygen atoms in total. The van der Waals surface area contributed by atoms with Gasteiger partial charge in [-0.2, -0.15) is 0 Å². The molecule has 0 heterocycles. The Balaban J connectivity index is 1.74. The van der Waals surface area contributed by atoms with Crippen molar-refractivity contribution in [3.8, 4) is 0 Å². The van der Waals surface area contributed by atoms with E-state index in [-0.39, 0.29) is 18.9 Å². The summed E-state index contributed by atoms with van der Waals surface area (Å²) in [5.74, 6) is -1.13. The molecule has 0 N–H and O–H groups in total. The zero-order valence-corrected chi connectivity index (χ0v) is 13.2. The highest BCUT2D eigenvalue weighted by molar-refractivity contribution is 5.89. The van der Waals surface area contributed by atoms with Crippen LogP contribution in [0.4, 0.5) is 5.69 Å². The highest BCUT2D eigenvalue weighted by atomic mass is 16.6. The predicted molar refractivity (Wildman–Crippen MR) is 89.8 cm³/mol. The van der Waals surface area contributed by atoms with E-state index in [4.69, 9.17) is 9.47 Å². The van der Waals surface area contributed by atoms with Crippen molar-refractivity contribution in [1.29, 1.82) is 0 Å². The Bertz CT molecular complexity index is 785. The highest BCUT2D eigenvalue weighted by Gasteiger charge is 2.07. The number of hydrogen-bond donors (Lipinski definition) is 0. The van der Waals surface area contributed by atoms with Crippen LogP contribution in [0.25, 0.3) is 6.08 Å². The van der Waals surface area contributed by atoms with E-state index in [1.54, 1.807) is 36.4 Å². The van der Waals surface area contributed by atoms with Gasteiger partial charge in [0.05, 0.1) is 10.5 Å². The van der Waals surface area contributed by atoms with Gasteiger partial charge in [0.15, 0.2) is 0 Å². The summed E-state index contributed by atoms with van der Waals surface area (Å²) in [6.07, 6.45) is 2.56. The van der Waals surface area contributed by atoms with Gasteiger partial charge in [-0.05, 0) is 23.8 Å². The van der Waals surface area contributed by atoms with Crippen molar-refractivity contribution < 1.29 is 24.0 Å². The number of ether oxygens (including phenoxy) is 2. The lowest BCUT2D eigenvalue weighted by atomic mass is 10.2. The maximum absolute atomic E-state index is 11.7. The number of non-ortho nitro benzene ring substituents is 1. The fourth-order valence-corrected chi connectivity index (χ4v) is 1.89. The first kappa shape index (κ1) is 17.9. The van der Waals surface area contributed by atoms with Gasteiger partial charge in [0.1, 0.15) is 13.2 Å². The molecule has 0 atom stereocenters. The molecule has 0 amide bonds. The third-order valence-corrected chi connectivity index (χ3v) is 3.06. The molecule has 0 aliphatic heterocycles.